The molecule has 5 nitrogen and oxygen atoms in total. The molecule has 6 heteroatoms. The molecule has 108 valence electrons. The second-order valence-electron chi connectivity index (χ2n) is 4.69. The van der Waals surface area contributed by atoms with E-state index >= 15 is 0 Å². The summed E-state index contributed by atoms with van der Waals surface area (Å²) in [5.74, 6) is -0.638. The number of carbonyl (C=O) groups excluding carboxylic acids is 2. The molecule has 0 aliphatic rings. The SMILES string of the molecule is CC(C)=C(C)C(=O)N(C(N)=O)c1cc(O)c(C)cc1Cl. The molecule has 1 rings (SSSR count). The third kappa shape index (κ3) is 3.11. The average Bonchev–Trinajstić information content (AvgIpc) is 2.34. The predicted molar refractivity (Wildman–Crippen MR) is 79.0 cm³/mol. The van der Waals surface area contributed by atoms with Gasteiger partial charge in [-0.3, -0.25) is 4.79 Å². The largest absolute Gasteiger partial charge is 0.508 e. The first-order chi connectivity index (χ1) is 9.16. The summed E-state index contributed by atoms with van der Waals surface area (Å²) in [7, 11) is 0. The van der Waals surface area contributed by atoms with Crippen LogP contribution in [0.2, 0.25) is 5.02 Å². The van der Waals surface area contributed by atoms with Gasteiger partial charge in [0.2, 0.25) is 0 Å². The maximum Gasteiger partial charge on any atom is 0.326 e. The molecule has 0 atom stereocenters. The van der Waals surface area contributed by atoms with E-state index in [1.54, 1.807) is 27.7 Å². The van der Waals surface area contributed by atoms with Gasteiger partial charge < -0.3 is 10.8 Å². The number of carbonyl (C=O) groups is 2. The highest BCUT2D eigenvalue weighted by atomic mass is 35.5. The summed E-state index contributed by atoms with van der Waals surface area (Å²) in [5.41, 5.74) is 7.01. The van der Waals surface area contributed by atoms with Crippen LogP contribution >= 0.6 is 11.6 Å². The van der Waals surface area contributed by atoms with Gasteiger partial charge in [0.15, 0.2) is 0 Å². The molecule has 0 saturated carbocycles. The maximum atomic E-state index is 12.3. The molecule has 3 amide bonds. The Hall–Kier alpha value is -2.01. The number of hydrogen-bond donors (Lipinski definition) is 2. The molecular formula is C14H17ClN2O3. The second-order valence-corrected chi connectivity index (χ2v) is 5.10. The lowest BCUT2D eigenvalue weighted by atomic mass is 10.1. The number of amides is 3. The quantitative estimate of drug-likeness (QED) is 0.822. The molecule has 0 aliphatic heterocycles. The van der Waals surface area contributed by atoms with Crippen molar-refractivity contribution in [3.8, 4) is 5.75 Å². The number of nitrogens with zero attached hydrogens (tertiary/aromatic N) is 1. The Kier molecular flexibility index (Phi) is 4.78. The highest BCUT2D eigenvalue weighted by Crippen LogP contribution is 2.33. The number of anilines is 1. The van der Waals surface area contributed by atoms with E-state index in [4.69, 9.17) is 17.3 Å². The number of benzene rings is 1. The molecule has 0 heterocycles. The van der Waals surface area contributed by atoms with Crippen LogP contribution in [0.5, 0.6) is 5.75 Å². The van der Waals surface area contributed by atoms with Crippen LogP contribution in [-0.4, -0.2) is 17.0 Å². The van der Waals surface area contributed by atoms with Crippen LogP contribution in [0.15, 0.2) is 23.3 Å². The van der Waals surface area contributed by atoms with Crippen LogP contribution in [0.3, 0.4) is 0 Å². The van der Waals surface area contributed by atoms with Gasteiger partial charge in [0, 0.05) is 11.6 Å². The molecule has 0 unspecified atom stereocenters. The summed E-state index contributed by atoms with van der Waals surface area (Å²) < 4.78 is 0. The fourth-order valence-corrected chi connectivity index (χ4v) is 1.83. The van der Waals surface area contributed by atoms with E-state index in [1.807, 2.05) is 0 Å². The van der Waals surface area contributed by atoms with E-state index in [0.29, 0.717) is 11.1 Å². The summed E-state index contributed by atoms with van der Waals surface area (Å²) in [6.45, 7) is 6.75. The fourth-order valence-electron chi connectivity index (χ4n) is 1.53. The van der Waals surface area contributed by atoms with Crippen LogP contribution in [0, 0.1) is 6.92 Å². The molecule has 0 spiro atoms. The molecule has 0 bridgehead atoms. The van der Waals surface area contributed by atoms with Crippen molar-refractivity contribution < 1.29 is 14.7 Å². The highest BCUT2D eigenvalue weighted by Gasteiger charge is 2.25. The monoisotopic (exact) mass is 296 g/mol. The topological polar surface area (TPSA) is 83.6 Å². The molecule has 0 saturated heterocycles. The minimum atomic E-state index is -0.958. The smallest absolute Gasteiger partial charge is 0.326 e. The normalized spacial score (nSPS) is 10.1. The lowest BCUT2D eigenvalue weighted by Crippen LogP contribution is -2.41. The van der Waals surface area contributed by atoms with Crippen molar-refractivity contribution in [1.82, 2.24) is 0 Å². The number of imide groups is 1. The Morgan fingerprint density at radius 2 is 1.80 bits per heavy atom. The Bertz CT molecular complexity index is 605. The molecule has 1 aromatic carbocycles. The van der Waals surface area contributed by atoms with E-state index in [1.165, 1.54) is 12.1 Å². The lowest BCUT2D eigenvalue weighted by Gasteiger charge is -2.21. The molecular weight excluding hydrogens is 280 g/mol. The highest BCUT2D eigenvalue weighted by molar-refractivity contribution is 6.35. The van der Waals surface area contributed by atoms with Crippen LogP contribution < -0.4 is 10.6 Å². The number of phenolic OH excluding ortho intramolecular Hbond substituents is 1. The van der Waals surface area contributed by atoms with Crippen molar-refractivity contribution in [3.05, 3.63) is 33.9 Å². The fraction of sp³-hybridized carbons (Fsp3) is 0.286. The zero-order valence-corrected chi connectivity index (χ0v) is 12.6. The molecule has 3 N–H and O–H groups in total. The first-order valence-electron chi connectivity index (χ1n) is 5.94. The van der Waals surface area contributed by atoms with Gasteiger partial charge >= 0.3 is 6.03 Å². The lowest BCUT2D eigenvalue weighted by molar-refractivity contribution is -0.114. The number of hydrogen-bond acceptors (Lipinski definition) is 3. The number of aromatic hydroxyl groups is 1. The minimum Gasteiger partial charge on any atom is -0.508 e. The van der Waals surface area contributed by atoms with Gasteiger partial charge in [-0.05, 0) is 39.3 Å². The van der Waals surface area contributed by atoms with E-state index in [2.05, 4.69) is 0 Å². The summed E-state index contributed by atoms with van der Waals surface area (Å²) in [5, 5.41) is 9.89. The van der Waals surface area contributed by atoms with Crippen LogP contribution in [0.25, 0.3) is 0 Å². The van der Waals surface area contributed by atoms with Crippen LogP contribution in [0.1, 0.15) is 26.3 Å². The van der Waals surface area contributed by atoms with Crippen molar-refractivity contribution >= 4 is 29.2 Å². The number of allylic oxidation sites excluding steroid dienone is 1. The number of aryl methyl sites for hydroxylation is 1. The molecule has 1 aromatic rings. The number of nitrogens with two attached hydrogens (primary N) is 1. The van der Waals surface area contributed by atoms with Gasteiger partial charge in [-0.2, -0.15) is 0 Å². The summed E-state index contributed by atoms with van der Waals surface area (Å²) in [4.78, 5) is 24.6. The van der Waals surface area contributed by atoms with Crippen LogP contribution in [0.4, 0.5) is 10.5 Å². The average molecular weight is 297 g/mol. The zero-order chi connectivity index (χ0) is 15.6. The van der Waals surface area contributed by atoms with E-state index in [0.717, 1.165) is 10.5 Å². The minimum absolute atomic E-state index is 0.0628. The Morgan fingerprint density at radius 3 is 2.25 bits per heavy atom. The van der Waals surface area contributed by atoms with Crippen LogP contribution in [-0.2, 0) is 4.79 Å². The molecule has 20 heavy (non-hydrogen) atoms. The number of phenols is 1. The van der Waals surface area contributed by atoms with Crippen molar-refractivity contribution in [3.63, 3.8) is 0 Å². The molecule has 0 radical (unpaired) electrons. The molecule has 0 fully saturated rings. The van der Waals surface area contributed by atoms with E-state index in [9.17, 15) is 14.7 Å². The predicted octanol–water partition coefficient (Wildman–Crippen LogP) is 3.12. The number of urea groups is 1. The molecule has 0 aliphatic carbocycles. The Morgan fingerprint density at radius 1 is 1.25 bits per heavy atom. The van der Waals surface area contributed by atoms with Gasteiger partial charge in [-0.1, -0.05) is 17.2 Å². The summed E-state index contributed by atoms with van der Waals surface area (Å²) >= 11 is 6.04. The van der Waals surface area contributed by atoms with Gasteiger partial charge in [0.25, 0.3) is 5.91 Å². The van der Waals surface area contributed by atoms with Gasteiger partial charge in [-0.15, -0.1) is 0 Å². The van der Waals surface area contributed by atoms with E-state index < -0.39 is 11.9 Å². The number of halogens is 1. The maximum absolute atomic E-state index is 12.3. The first-order valence-corrected chi connectivity index (χ1v) is 6.31. The number of primary amides is 1. The zero-order valence-electron chi connectivity index (χ0n) is 11.8. The third-order valence-electron chi connectivity index (χ3n) is 3.00. The van der Waals surface area contributed by atoms with Crippen molar-refractivity contribution in [2.75, 3.05) is 4.90 Å². The van der Waals surface area contributed by atoms with Gasteiger partial charge in [0.05, 0.1) is 10.7 Å². The van der Waals surface area contributed by atoms with Gasteiger partial charge in [-0.25, -0.2) is 9.69 Å². The Balaban J connectivity index is 3.44. The standard InChI is InChI=1S/C14H17ClN2O3/c1-7(2)9(4)13(19)17(14(16)20)11-6-12(18)8(3)5-10(11)15/h5-6,18H,1-4H3,(H2,16,20). The van der Waals surface area contributed by atoms with Crippen molar-refractivity contribution in [2.24, 2.45) is 5.73 Å². The molecule has 0 aromatic heterocycles. The first kappa shape index (κ1) is 16.0. The van der Waals surface area contributed by atoms with Crippen molar-refractivity contribution in [1.29, 1.82) is 0 Å². The third-order valence-corrected chi connectivity index (χ3v) is 3.30. The Labute approximate surface area is 122 Å². The summed E-state index contributed by atoms with van der Waals surface area (Å²) in [6.07, 6.45) is 0. The van der Waals surface area contributed by atoms with E-state index in [-0.39, 0.29) is 16.5 Å². The number of rotatable bonds is 2. The summed E-state index contributed by atoms with van der Waals surface area (Å²) in [6, 6.07) is 1.76. The van der Waals surface area contributed by atoms with Gasteiger partial charge in [0.1, 0.15) is 5.75 Å². The second kappa shape index (κ2) is 5.96. The van der Waals surface area contributed by atoms with Crippen molar-refractivity contribution in [2.45, 2.75) is 27.7 Å².